The number of aryl methyl sites for hydroxylation is 1. The first-order valence-electron chi connectivity index (χ1n) is 5.66. The average molecular weight is 238 g/mol. The average Bonchev–Trinajstić information content (AvgIpc) is 2.23. The summed E-state index contributed by atoms with van der Waals surface area (Å²) in [4.78, 5) is 13.6. The van der Waals surface area contributed by atoms with Gasteiger partial charge in [0, 0.05) is 11.7 Å². The second-order valence-electron chi connectivity index (χ2n) is 4.52. The summed E-state index contributed by atoms with van der Waals surface area (Å²) < 4.78 is 13.0. The maximum absolute atomic E-state index is 13.0. The molecule has 0 aliphatic heterocycles. The van der Waals surface area contributed by atoms with Gasteiger partial charge in [-0.1, -0.05) is 6.07 Å². The smallest absolute Gasteiger partial charge is 0.238 e. The highest BCUT2D eigenvalue weighted by molar-refractivity contribution is 5.92. The van der Waals surface area contributed by atoms with E-state index in [1.807, 2.05) is 32.7 Å². The molecule has 1 amide bonds. The molecular weight excluding hydrogens is 219 g/mol. The molecule has 4 heteroatoms. The van der Waals surface area contributed by atoms with Gasteiger partial charge in [-0.2, -0.15) is 0 Å². The molecule has 3 nitrogen and oxygen atoms in total. The fraction of sp³-hybridized carbons (Fsp3) is 0.462. The lowest BCUT2D eigenvalue weighted by Gasteiger charge is -2.20. The van der Waals surface area contributed by atoms with Crippen molar-refractivity contribution >= 4 is 11.6 Å². The first-order valence-corrected chi connectivity index (χ1v) is 5.66. The van der Waals surface area contributed by atoms with Gasteiger partial charge in [0.15, 0.2) is 0 Å². The number of carbonyl (C=O) groups is 1. The van der Waals surface area contributed by atoms with Gasteiger partial charge in [-0.3, -0.25) is 9.69 Å². The van der Waals surface area contributed by atoms with Gasteiger partial charge in [-0.15, -0.1) is 0 Å². The SMILES string of the molecule is Cc1ccc(F)cc1NC(=O)CN(C)C(C)C. The summed E-state index contributed by atoms with van der Waals surface area (Å²) in [5.41, 5.74) is 1.39. The number of carbonyl (C=O) groups excluding carboxylic acids is 1. The minimum absolute atomic E-state index is 0.130. The quantitative estimate of drug-likeness (QED) is 0.873. The molecule has 0 radical (unpaired) electrons. The van der Waals surface area contributed by atoms with Crippen molar-refractivity contribution in [3.8, 4) is 0 Å². The van der Waals surface area contributed by atoms with Crippen molar-refractivity contribution in [2.24, 2.45) is 0 Å². The normalized spacial score (nSPS) is 11.0. The second-order valence-corrected chi connectivity index (χ2v) is 4.52. The first kappa shape index (κ1) is 13.6. The van der Waals surface area contributed by atoms with Crippen LogP contribution in [-0.4, -0.2) is 30.4 Å². The van der Waals surface area contributed by atoms with Crippen molar-refractivity contribution in [3.63, 3.8) is 0 Å². The third-order valence-corrected chi connectivity index (χ3v) is 2.75. The maximum atomic E-state index is 13.0. The number of hydrogen-bond acceptors (Lipinski definition) is 2. The molecule has 0 unspecified atom stereocenters. The molecule has 1 aromatic carbocycles. The van der Waals surface area contributed by atoms with E-state index in [0.29, 0.717) is 18.3 Å². The zero-order valence-electron chi connectivity index (χ0n) is 10.7. The van der Waals surface area contributed by atoms with E-state index in [0.717, 1.165) is 5.56 Å². The number of amides is 1. The summed E-state index contributed by atoms with van der Waals surface area (Å²) in [5, 5.41) is 2.72. The van der Waals surface area contributed by atoms with Gasteiger partial charge in [0.25, 0.3) is 0 Å². The standard InChI is InChI=1S/C13H19FN2O/c1-9(2)16(4)8-13(17)15-12-7-11(14)6-5-10(12)3/h5-7,9H,8H2,1-4H3,(H,15,17). The zero-order valence-corrected chi connectivity index (χ0v) is 10.7. The number of rotatable bonds is 4. The van der Waals surface area contributed by atoms with E-state index in [4.69, 9.17) is 0 Å². The van der Waals surface area contributed by atoms with Crippen molar-refractivity contribution in [2.75, 3.05) is 18.9 Å². The van der Waals surface area contributed by atoms with Gasteiger partial charge in [0.1, 0.15) is 5.82 Å². The molecule has 0 saturated carbocycles. The highest BCUT2D eigenvalue weighted by Crippen LogP contribution is 2.15. The molecule has 0 atom stereocenters. The molecule has 0 heterocycles. The first-order chi connectivity index (χ1) is 7.90. The summed E-state index contributed by atoms with van der Waals surface area (Å²) in [6.45, 7) is 6.16. The van der Waals surface area contributed by atoms with Gasteiger partial charge < -0.3 is 5.32 Å². The van der Waals surface area contributed by atoms with Crippen LogP contribution >= 0.6 is 0 Å². The number of likely N-dealkylation sites (N-methyl/N-ethyl adjacent to an activating group) is 1. The largest absolute Gasteiger partial charge is 0.325 e. The van der Waals surface area contributed by atoms with Gasteiger partial charge in [-0.25, -0.2) is 4.39 Å². The van der Waals surface area contributed by atoms with E-state index in [1.165, 1.54) is 12.1 Å². The van der Waals surface area contributed by atoms with E-state index >= 15 is 0 Å². The Labute approximate surface area is 102 Å². The lowest BCUT2D eigenvalue weighted by molar-refractivity contribution is -0.117. The molecule has 0 bridgehead atoms. The predicted molar refractivity (Wildman–Crippen MR) is 67.5 cm³/mol. The van der Waals surface area contributed by atoms with Crippen LogP contribution in [0.5, 0.6) is 0 Å². The Morgan fingerprint density at radius 1 is 1.47 bits per heavy atom. The van der Waals surface area contributed by atoms with Gasteiger partial charge in [0.05, 0.1) is 6.54 Å². The van der Waals surface area contributed by atoms with Crippen molar-refractivity contribution in [1.29, 1.82) is 0 Å². The summed E-state index contributed by atoms with van der Waals surface area (Å²) >= 11 is 0. The Balaban J connectivity index is 2.65. The van der Waals surface area contributed by atoms with Crippen LogP contribution in [-0.2, 0) is 4.79 Å². The minimum atomic E-state index is -0.344. The van der Waals surface area contributed by atoms with Gasteiger partial charge in [-0.05, 0) is 45.5 Å². The fourth-order valence-electron chi connectivity index (χ4n) is 1.33. The van der Waals surface area contributed by atoms with Crippen LogP contribution in [0.4, 0.5) is 10.1 Å². The third-order valence-electron chi connectivity index (χ3n) is 2.75. The van der Waals surface area contributed by atoms with Crippen LogP contribution in [0, 0.1) is 12.7 Å². The van der Waals surface area contributed by atoms with Crippen molar-refractivity contribution < 1.29 is 9.18 Å². The molecule has 1 rings (SSSR count). The van der Waals surface area contributed by atoms with E-state index in [-0.39, 0.29) is 11.7 Å². The van der Waals surface area contributed by atoms with Crippen LogP contribution < -0.4 is 5.32 Å². The van der Waals surface area contributed by atoms with E-state index in [1.54, 1.807) is 6.07 Å². The van der Waals surface area contributed by atoms with Crippen LogP contribution in [0.1, 0.15) is 19.4 Å². The Morgan fingerprint density at radius 2 is 2.12 bits per heavy atom. The molecule has 1 N–H and O–H groups in total. The Morgan fingerprint density at radius 3 is 2.71 bits per heavy atom. The topological polar surface area (TPSA) is 32.3 Å². The maximum Gasteiger partial charge on any atom is 0.238 e. The minimum Gasteiger partial charge on any atom is -0.325 e. The molecule has 0 fully saturated rings. The Hall–Kier alpha value is -1.42. The van der Waals surface area contributed by atoms with Crippen LogP contribution in [0.3, 0.4) is 0 Å². The number of halogens is 1. The number of nitrogens with zero attached hydrogens (tertiary/aromatic N) is 1. The summed E-state index contributed by atoms with van der Waals surface area (Å²) in [7, 11) is 1.88. The molecule has 0 aliphatic carbocycles. The van der Waals surface area contributed by atoms with E-state index < -0.39 is 0 Å². The lowest BCUT2D eigenvalue weighted by atomic mass is 10.2. The Bertz CT molecular complexity index is 404. The second kappa shape index (κ2) is 5.77. The number of anilines is 1. The molecule has 17 heavy (non-hydrogen) atoms. The Kier molecular flexibility index (Phi) is 4.63. The van der Waals surface area contributed by atoms with Crippen molar-refractivity contribution in [2.45, 2.75) is 26.8 Å². The van der Waals surface area contributed by atoms with Crippen LogP contribution in [0.2, 0.25) is 0 Å². The summed E-state index contributed by atoms with van der Waals surface area (Å²) in [6.07, 6.45) is 0. The highest BCUT2D eigenvalue weighted by Gasteiger charge is 2.10. The van der Waals surface area contributed by atoms with Crippen LogP contribution in [0.25, 0.3) is 0 Å². The third kappa shape index (κ3) is 4.15. The van der Waals surface area contributed by atoms with Crippen molar-refractivity contribution in [1.82, 2.24) is 4.90 Å². The molecule has 94 valence electrons. The molecule has 0 aromatic heterocycles. The molecule has 0 spiro atoms. The molecule has 1 aromatic rings. The fourth-order valence-corrected chi connectivity index (χ4v) is 1.33. The highest BCUT2D eigenvalue weighted by atomic mass is 19.1. The van der Waals surface area contributed by atoms with E-state index in [9.17, 15) is 9.18 Å². The van der Waals surface area contributed by atoms with Crippen LogP contribution in [0.15, 0.2) is 18.2 Å². The summed E-state index contributed by atoms with van der Waals surface area (Å²) in [6, 6.07) is 4.67. The predicted octanol–water partition coefficient (Wildman–Crippen LogP) is 2.41. The monoisotopic (exact) mass is 238 g/mol. The lowest BCUT2D eigenvalue weighted by Crippen LogP contribution is -2.34. The molecule has 0 aliphatic rings. The van der Waals surface area contributed by atoms with Crippen molar-refractivity contribution in [3.05, 3.63) is 29.6 Å². The number of hydrogen-bond donors (Lipinski definition) is 1. The molecular formula is C13H19FN2O. The van der Waals surface area contributed by atoms with Gasteiger partial charge >= 0.3 is 0 Å². The van der Waals surface area contributed by atoms with Gasteiger partial charge in [0.2, 0.25) is 5.91 Å². The van der Waals surface area contributed by atoms with E-state index in [2.05, 4.69) is 5.32 Å². The molecule has 0 saturated heterocycles. The zero-order chi connectivity index (χ0) is 13.0. The summed E-state index contributed by atoms with van der Waals surface area (Å²) in [5.74, 6) is -0.474. The number of benzene rings is 1. The number of nitrogens with one attached hydrogen (secondary N) is 1.